The molecule has 0 spiro atoms. The van der Waals surface area contributed by atoms with Gasteiger partial charge in [0.05, 0.1) is 28.9 Å². The molecule has 2 aromatic rings. The molecule has 0 fully saturated rings. The largest absolute Gasteiger partial charge is 0.386 e. The summed E-state index contributed by atoms with van der Waals surface area (Å²) in [6, 6.07) is 8.06. The molecule has 2 heterocycles. The van der Waals surface area contributed by atoms with Crippen LogP contribution in [0.2, 0.25) is 0 Å². The lowest BCUT2D eigenvalue weighted by Crippen LogP contribution is -2.18. The Morgan fingerprint density at radius 2 is 1.92 bits per heavy atom. The van der Waals surface area contributed by atoms with Gasteiger partial charge in [-0.25, -0.2) is 4.99 Å². The Labute approximate surface area is 155 Å². The molecule has 0 saturated heterocycles. The van der Waals surface area contributed by atoms with E-state index in [-0.39, 0.29) is 0 Å². The number of aliphatic hydroxyl groups is 1. The van der Waals surface area contributed by atoms with Crippen molar-refractivity contribution in [3.05, 3.63) is 59.9 Å². The van der Waals surface area contributed by atoms with Crippen LogP contribution in [0.5, 0.6) is 0 Å². The van der Waals surface area contributed by atoms with Crippen molar-refractivity contribution in [3.63, 3.8) is 0 Å². The lowest BCUT2D eigenvalue weighted by Gasteiger charge is -2.24. The van der Waals surface area contributed by atoms with Crippen LogP contribution >= 0.6 is 0 Å². The van der Waals surface area contributed by atoms with Gasteiger partial charge in [-0.1, -0.05) is 50.8 Å². The highest BCUT2D eigenvalue weighted by atomic mass is 16.3. The van der Waals surface area contributed by atoms with E-state index in [2.05, 4.69) is 59.7 Å². The van der Waals surface area contributed by atoms with Crippen LogP contribution in [0.4, 0.5) is 11.5 Å². The third-order valence-corrected chi connectivity index (χ3v) is 4.67. The van der Waals surface area contributed by atoms with E-state index in [1.54, 1.807) is 20.1 Å². The average molecular weight is 349 g/mol. The molecule has 1 aliphatic rings. The lowest BCUT2D eigenvalue weighted by atomic mass is 9.96. The van der Waals surface area contributed by atoms with Crippen LogP contribution in [0.25, 0.3) is 11.3 Å². The number of aliphatic imine (C=N–C) groups is 1. The molecule has 0 unspecified atom stereocenters. The molecule has 26 heavy (non-hydrogen) atoms. The summed E-state index contributed by atoms with van der Waals surface area (Å²) >= 11 is 0. The van der Waals surface area contributed by atoms with Crippen LogP contribution in [0, 0.1) is 0 Å². The predicted molar refractivity (Wildman–Crippen MR) is 110 cm³/mol. The number of nitrogens with one attached hydrogen (secondary N) is 1. The zero-order valence-electron chi connectivity index (χ0n) is 16.0. The Balaban J connectivity index is 2.10. The van der Waals surface area contributed by atoms with Crippen LogP contribution in [-0.2, 0) is 12.0 Å². The molecule has 136 valence electrons. The minimum absolute atomic E-state index is 0.842. The second kappa shape index (κ2) is 6.96. The van der Waals surface area contributed by atoms with Gasteiger partial charge in [0.15, 0.2) is 5.82 Å². The molecule has 0 radical (unpaired) electrons. The number of rotatable bonds is 5. The Morgan fingerprint density at radius 1 is 1.23 bits per heavy atom. The van der Waals surface area contributed by atoms with E-state index in [0.29, 0.717) is 0 Å². The molecule has 2 N–H and O–H groups in total. The molecule has 0 saturated carbocycles. The van der Waals surface area contributed by atoms with Crippen molar-refractivity contribution < 1.29 is 5.11 Å². The summed E-state index contributed by atoms with van der Waals surface area (Å²) in [5, 5.41) is 10.2. The first kappa shape index (κ1) is 18.2. The maximum absolute atomic E-state index is 10.2. The van der Waals surface area contributed by atoms with Crippen molar-refractivity contribution in [2.45, 2.75) is 46.1 Å². The first-order chi connectivity index (χ1) is 12.4. The van der Waals surface area contributed by atoms with E-state index in [9.17, 15) is 5.11 Å². The highest BCUT2D eigenvalue weighted by Gasteiger charge is 2.25. The lowest BCUT2D eigenvalue weighted by molar-refractivity contribution is 0.0786. The summed E-state index contributed by atoms with van der Waals surface area (Å²) in [5.41, 5.74) is 5.37. The molecule has 0 atom stereocenters. The maximum Gasteiger partial charge on any atom is 0.155 e. The Kier molecular flexibility index (Phi) is 4.88. The van der Waals surface area contributed by atoms with Crippen molar-refractivity contribution in [2.75, 3.05) is 4.90 Å². The molecule has 4 nitrogen and oxygen atoms in total. The number of aromatic amines is 1. The fraction of sp³-hybridized carbons (Fsp3) is 0.318. The van der Waals surface area contributed by atoms with Crippen molar-refractivity contribution in [1.29, 1.82) is 0 Å². The standard InChI is InChI=1S/C22H27N3O/c1-6-8-13-25-15(3)14-23-21-20(25)18(7-2)19(24-21)16-9-11-17(12-10-16)22(4,5)26/h8-14,24,26H,3,6-7H2,1-2,4-5H3. The van der Waals surface area contributed by atoms with Gasteiger partial charge in [-0.2, -0.15) is 0 Å². The molecule has 1 aliphatic heterocycles. The van der Waals surface area contributed by atoms with E-state index in [4.69, 9.17) is 0 Å². The van der Waals surface area contributed by atoms with Crippen molar-refractivity contribution in [1.82, 2.24) is 4.98 Å². The number of anilines is 1. The van der Waals surface area contributed by atoms with Gasteiger partial charge in [0.25, 0.3) is 0 Å². The van der Waals surface area contributed by atoms with Crippen molar-refractivity contribution in [3.8, 4) is 11.3 Å². The third kappa shape index (κ3) is 3.25. The Bertz CT molecular complexity index is 864. The van der Waals surface area contributed by atoms with Crippen LogP contribution in [-0.4, -0.2) is 16.3 Å². The summed E-state index contributed by atoms with van der Waals surface area (Å²) in [5.74, 6) is 0.858. The predicted octanol–water partition coefficient (Wildman–Crippen LogP) is 5.43. The molecule has 0 aliphatic carbocycles. The first-order valence-electron chi connectivity index (χ1n) is 9.13. The van der Waals surface area contributed by atoms with Gasteiger partial charge in [0, 0.05) is 11.8 Å². The number of nitrogens with zero attached hydrogens (tertiary/aromatic N) is 2. The number of benzene rings is 1. The molecule has 0 bridgehead atoms. The number of hydrogen-bond acceptors (Lipinski definition) is 3. The number of aromatic nitrogens is 1. The Hall–Kier alpha value is -2.59. The minimum atomic E-state index is -0.842. The van der Waals surface area contributed by atoms with Gasteiger partial charge in [-0.3, -0.25) is 0 Å². The number of H-pyrrole nitrogens is 1. The van der Waals surface area contributed by atoms with Gasteiger partial charge >= 0.3 is 0 Å². The number of allylic oxidation sites excluding steroid dienone is 2. The highest BCUT2D eigenvalue weighted by Crippen LogP contribution is 2.43. The van der Waals surface area contributed by atoms with Crippen LogP contribution in [0.3, 0.4) is 0 Å². The van der Waals surface area contributed by atoms with Crippen LogP contribution in [0.1, 0.15) is 45.2 Å². The fourth-order valence-electron chi connectivity index (χ4n) is 3.23. The highest BCUT2D eigenvalue weighted by molar-refractivity contribution is 5.96. The van der Waals surface area contributed by atoms with Crippen LogP contribution < -0.4 is 4.90 Å². The van der Waals surface area contributed by atoms with Crippen molar-refractivity contribution in [2.24, 2.45) is 4.99 Å². The summed E-state index contributed by atoms with van der Waals surface area (Å²) in [7, 11) is 0. The molecule has 1 aromatic carbocycles. The zero-order valence-corrected chi connectivity index (χ0v) is 16.0. The summed E-state index contributed by atoms with van der Waals surface area (Å²) < 4.78 is 0. The number of hydrogen-bond donors (Lipinski definition) is 2. The molecule has 1 aromatic heterocycles. The van der Waals surface area contributed by atoms with Gasteiger partial charge in [0.1, 0.15) is 0 Å². The second-order valence-corrected chi connectivity index (χ2v) is 7.08. The normalized spacial score (nSPS) is 14.3. The monoisotopic (exact) mass is 349 g/mol. The van der Waals surface area contributed by atoms with Gasteiger partial charge in [0.2, 0.25) is 0 Å². The number of fused-ring (bicyclic) bond motifs is 1. The second-order valence-electron chi connectivity index (χ2n) is 7.08. The van der Waals surface area contributed by atoms with Gasteiger partial charge in [-0.15, -0.1) is 0 Å². The molecular formula is C22H27N3O. The fourth-order valence-corrected chi connectivity index (χ4v) is 3.23. The third-order valence-electron chi connectivity index (χ3n) is 4.67. The van der Waals surface area contributed by atoms with Crippen LogP contribution in [0.15, 0.2) is 53.8 Å². The van der Waals surface area contributed by atoms with E-state index >= 15 is 0 Å². The molecule has 3 rings (SSSR count). The molecule has 4 heteroatoms. The Morgan fingerprint density at radius 3 is 2.50 bits per heavy atom. The van der Waals surface area contributed by atoms with Crippen molar-refractivity contribution >= 4 is 17.7 Å². The average Bonchev–Trinajstić information content (AvgIpc) is 2.99. The van der Waals surface area contributed by atoms with E-state index in [0.717, 1.165) is 46.9 Å². The summed E-state index contributed by atoms with van der Waals surface area (Å²) in [6.07, 6.45) is 7.83. The van der Waals surface area contributed by atoms with E-state index in [1.165, 1.54) is 5.56 Å². The SMILES string of the molecule is C=C1C=Nc2[nH]c(-c3ccc(C(C)(C)O)cc3)c(CC)c2N1C=CCC. The van der Waals surface area contributed by atoms with E-state index < -0.39 is 5.60 Å². The first-order valence-corrected chi connectivity index (χ1v) is 9.13. The van der Waals surface area contributed by atoms with Gasteiger partial charge < -0.3 is 15.0 Å². The zero-order chi connectivity index (χ0) is 18.9. The topological polar surface area (TPSA) is 51.6 Å². The minimum Gasteiger partial charge on any atom is -0.386 e. The summed E-state index contributed by atoms with van der Waals surface area (Å²) in [4.78, 5) is 10.1. The maximum atomic E-state index is 10.2. The smallest absolute Gasteiger partial charge is 0.155 e. The quantitative estimate of drug-likeness (QED) is 0.756. The summed E-state index contributed by atoms with van der Waals surface area (Å²) in [6.45, 7) is 12.0. The van der Waals surface area contributed by atoms with Gasteiger partial charge in [-0.05, 0) is 37.8 Å². The molecular weight excluding hydrogens is 322 g/mol. The molecule has 0 amide bonds. The van der Waals surface area contributed by atoms with E-state index in [1.807, 2.05) is 12.1 Å².